The lowest BCUT2D eigenvalue weighted by molar-refractivity contribution is -0.132. The smallest absolute Gasteiger partial charge is 0.405 e. The molecule has 15 nitrogen and oxygen atoms in total. The van der Waals surface area contributed by atoms with Crippen molar-refractivity contribution in [3.05, 3.63) is 70.8 Å². The molecule has 0 fully saturated rings. The Bertz CT molecular complexity index is 1800. The van der Waals surface area contributed by atoms with Crippen molar-refractivity contribution in [3.8, 4) is 5.75 Å². The van der Waals surface area contributed by atoms with E-state index in [1.54, 1.807) is 51.1 Å². The highest BCUT2D eigenvalue weighted by Gasteiger charge is 2.37. The predicted octanol–water partition coefficient (Wildman–Crippen LogP) is 2.65. The number of sulfonamides is 1. The van der Waals surface area contributed by atoms with Gasteiger partial charge < -0.3 is 36.4 Å². The highest BCUT2D eigenvalue weighted by molar-refractivity contribution is 7.90. The van der Waals surface area contributed by atoms with E-state index in [0.717, 1.165) is 11.1 Å². The van der Waals surface area contributed by atoms with Gasteiger partial charge in [0.15, 0.2) is 0 Å². The quantitative estimate of drug-likeness (QED) is 0.0582. The number of benzene rings is 2. The first-order valence-electron chi connectivity index (χ1n) is 17.0. The minimum atomic E-state index is -4.08. The number of nitrogens with one attached hydrogen (secondary N) is 6. The number of ether oxygens (including phenoxy) is 1. The maximum Gasteiger partial charge on any atom is 0.405 e. The Kier molecular flexibility index (Phi) is 14.2. The molecule has 0 aromatic heterocycles. The summed E-state index contributed by atoms with van der Waals surface area (Å²) in [6.45, 7) is 14.8. The number of carboxylic acid groups (broad SMARTS) is 1. The number of aliphatic imine (C=N–C) groups is 1. The van der Waals surface area contributed by atoms with E-state index >= 15 is 0 Å². The molecule has 52 heavy (non-hydrogen) atoms. The molecule has 0 aliphatic carbocycles. The number of nitrogens with zero attached hydrogens (tertiary/aromatic N) is 1. The molecule has 1 aliphatic heterocycles. The average Bonchev–Trinajstić information content (AvgIpc) is 3.43. The molecule has 16 heteroatoms. The van der Waals surface area contributed by atoms with Crippen LogP contribution in [0.15, 0.2) is 52.9 Å². The van der Waals surface area contributed by atoms with Crippen molar-refractivity contribution >= 4 is 39.8 Å². The van der Waals surface area contributed by atoms with Gasteiger partial charge in [-0.15, -0.1) is 6.58 Å². The second-order valence-corrected chi connectivity index (χ2v) is 14.8. The minimum absolute atomic E-state index is 0.00154. The number of hydrogen-bond donors (Lipinski definition) is 7. The molecular weight excluding hydrogens is 691 g/mol. The molecule has 1 heterocycles. The van der Waals surface area contributed by atoms with Crippen molar-refractivity contribution in [2.75, 3.05) is 20.1 Å². The number of fused-ring (bicyclic) bond motifs is 1. The van der Waals surface area contributed by atoms with Crippen molar-refractivity contribution in [3.63, 3.8) is 0 Å². The Morgan fingerprint density at radius 1 is 0.962 bits per heavy atom. The highest BCUT2D eigenvalue weighted by Crippen LogP contribution is 2.43. The lowest BCUT2D eigenvalue weighted by atomic mass is 9.94. The van der Waals surface area contributed by atoms with Gasteiger partial charge in [-0.1, -0.05) is 43.3 Å². The monoisotopic (exact) mass is 741 g/mol. The van der Waals surface area contributed by atoms with Gasteiger partial charge >= 0.3 is 6.09 Å². The van der Waals surface area contributed by atoms with Crippen molar-refractivity contribution in [2.45, 2.75) is 95.8 Å². The van der Waals surface area contributed by atoms with Crippen LogP contribution < -0.4 is 36.0 Å². The first-order chi connectivity index (χ1) is 24.5. The second-order valence-electron chi connectivity index (χ2n) is 13.2. The summed E-state index contributed by atoms with van der Waals surface area (Å²) in [5.74, 6) is -1.17. The Labute approximate surface area is 305 Å². The van der Waals surface area contributed by atoms with E-state index in [9.17, 15) is 32.7 Å². The molecule has 0 unspecified atom stereocenters. The Balaban J connectivity index is 1.65. The van der Waals surface area contributed by atoms with Crippen LogP contribution in [0.3, 0.4) is 0 Å². The average molecular weight is 742 g/mol. The van der Waals surface area contributed by atoms with Gasteiger partial charge in [-0.05, 0) is 76.1 Å². The van der Waals surface area contributed by atoms with Crippen LogP contribution in [0.1, 0.15) is 73.9 Å². The molecule has 0 bridgehead atoms. The molecule has 7 N–H and O–H groups in total. The van der Waals surface area contributed by atoms with E-state index in [1.165, 1.54) is 13.1 Å². The zero-order valence-corrected chi connectivity index (χ0v) is 31.6. The van der Waals surface area contributed by atoms with Crippen LogP contribution in [0.5, 0.6) is 5.75 Å². The molecule has 284 valence electrons. The van der Waals surface area contributed by atoms with Gasteiger partial charge in [-0.3, -0.25) is 19.4 Å². The summed E-state index contributed by atoms with van der Waals surface area (Å²) >= 11 is 0. The second kappa shape index (κ2) is 17.9. The standard InChI is InChI=1S/C36H51N7O8S/c1-9-18-38-33(46)28(24-15-12-11-13-16-24)42-31(44)26(10-2)40-32(45)27(41-35(47)48)17-14-19-39-34(37-8)43-52(49,50)30-22(4)21(3)29-25(23(30)5)20-36(6,7)51-29/h9,11-13,15-16,26-28,41H,1,10,14,17-20H2,2-8H3,(H,38,46)(H,40,45)(H,42,44)(H,47,48)(H2,37,39,43)/t26-,27-,28+/m0/s1. The fourth-order valence-corrected chi connectivity index (χ4v) is 7.61. The van der Waals surface area contributed by atoms with E-state index in [-0.39, 0.29) is 43.2 Å². The summed E-state index contributed by atoms with van der Waals surface area (Å²) in [5, 5.41) is 22.5. The molecule has 0 saturated heterocycles. The highest BCUT2D eigenvalue weighted by atomic mass is 32.2. The molecule has 2 aromatic rings. The number of carbonyl (C=O) groups is 4. The molecule has 1 aliphatic rings. The molecule has 0 saturated carbocycles. The van der Waals surface area contributed by atoms with Gasteiger partial charge in [0.25, 0.3) is 10.0 Å². The van der Waals surface area contributed by atoms with Gasteiger partial charge in [0.2, 0.25) is 23.7 Å². The zero-order chi connectivity index (χ0) is 38.8. The normalized spacial score (nSPS) is 15.2. The van der Waals surface area contributed by atoms with Gasteiger partial charge in [-0.25, -0.2) is 17.9 Å². The summed E-state index contributed by atoms with van der Waals surface area (Å²) < 4.78 is 36.0. The first-order valence-corrected chi connectivity index (χ1v) is 18.5. The molecule has 4 amide bonds. The van der Waals surface area contributed by atoms with E-state index in [4.69, 9.17) is 4.74 Å². The Morgan fingerprint density at radius 3 is 2.21 bits per heavy atom. The molecule has 0 spiro atoms. The number of guanidine groups is 1. The van der Waals surface area contributed by atoms with Gasteiger partial charge in [-0.2, -0.15) is 0 Å². The Morgan fingerprint density at radius 2 is 1.62 bits per heavy atom. The largest absolute Gasteiger partial charge is 0.487 e. The third kappa shape index (κ3) is 10.5. The predicted molar refractivity (Wildman–Crippen MR) is 198 cm³/mol. The first kappa shape index (κ1) is 41.3. The molecular formula is C36H51N7O8S. The van der Waals surface area contributed by atoms with E-state index in [1.807, 2.05) is 20.8 Å². The summed E-state index contributed by atoms with van der Waals surface area (Å²) in [6, 6.07) is 5.22. The SMILES string of the molecule is C=CCNC(=O)[C@H](NC(=O)[C@H](CC)NC(=O)[C@H](CCCN/C(=N\C)NS(=O)(=O)c1c(C)c(C)c2c(c1C)CC(C)(C)O2)NC(=O)O)c1ccccc1. The fraction of sp³-hybridized carbons (Fsp3) is 0.472. The summed E-state index contributed by atoms with van der Waals surface area (Å²) in [6.07, 6.45) is 0.991. The molecule has 3 atom stereocenters. The maximum atomic E-state index is 13.7. The topological polar surface area (TPSA) is 216 Å². The van der Waals surface area contributed by atoms with Crippen molar-refractivity contribution in [1.29, 1.82) is 0 Å². The van der Waals surface area contributed by atoms with E-state index < -0.39 is 57.6 Å². The van der Waals surface area contributed by atoms with Gasteiger partial charge in [0.05, 0.1) is 4.90 Å². The van der Waals surface area contributed by atoms with Crippen LogP contribution in [0.2, 0.25) is 0 Å². The van der Waals surface area contributed by atoms with Gasteiger partial charge in [0.1, 0.15) is 29.5 Å². The van der Waals surface area contributed by atoms with Crippen molar-refractivity contribution < 1.29 is 37.4 Å². The Hall–Kier alpha value is -5.12. The molecule has 0 radical (unpaired) electrons. The van der Waals surface area contributed by atoms with Crippen LogP contribution in [0.4, 0.5) is 4.79 Å². The van der Waals surface area contributed by atoms with Crippen LogP contribution >= 0.6 is 0 Å². The summed E-state index contributed by atoms with van der Waals surface area (Å²) in [5.41, 5.74) is 2.83. The summed E-state index contributed by atoms with van der Waals surface area (Å²) in [4.78, 5) is 55.2. The number of amides is 4. The van der Waals surface area contributed by atoms with Crippen LogP contribution in [0, 0.1) is 20.8 Å². The fourth-order valence-electron chi connectivity index (χ4n) is 6.01. The van der Waals surface area contributed by atoms with Crippen LogP contribution in [-0.2, 0) is 30.8 Å². The third-order valence-corrected chi connectivity index (χ3v) is 10.3. The molecule has 3 rings (SSSR count). The number of rotatable bonds is 16. The van der Waals surface area contributed by atoms with E-state index in [2.05, 4.69) is 42.9 Å². The maximum absolute atomic E-state index is 13.7. The lowest BCUT2D eigenvalue weighted by Crippen LogP contribution is -2.54. The van der Waals surface area contributed by atoms with Crippen molar-refractivity contribution in [2.24, 2.45) is 4.99 Å². The third-order valence-electron chi connectivity index (χ3n) is 8.74. The number of hydrogen-bond acceptors (Lipinski definition) is 8. The van der Waals surface area contributed by atoms with E-state index in [0.29, 0.717) is 28.9 Å². The van der Waals surface area contributed by atoms with Gasteiger partial charge in [0, 0.05) is 32.1 Å². The van der Waals surface area contributed by atoms with Crippen LogP contribution in [-0.4, -0.2) is 81.1 Å². The summed E-state index contributed by atoms with van der Waals surface area (Å²) in [7, 11) is -2.66. The number of carbonyl (C=O) groups excluding carboxylic acids is 3. The molecule has 2 aromatic carbocycles. The van der Waals surface area contributed by atoms with Crippen molar-refractivity contribution in [1.82, 2.24) is 31.3 Å². The lowest BCUT2D eigenvalue weighted by Gasteiger charge is -2.24. The minimum Gasteiger partial charge on any atom is -0.487 e. The zero-order valence-electron chi connectivity index (χ0n) is 30.8. The van der Waals surface area contributed by atoms with Crippen LogP contribution in [0.25, 0.3) is 0 Å².